The van der Waals surface area contributed by atoms with Gasteiger partial charge in [0, 0.05) is 0 Å². The van der Waals surface area contributed by atoms with Crippen LogP contribution >= 0.6 is 22.7 Å². The Morgan fingerprint density at radius 3 is 2.72 bits per heavy atom. The van der Waals surface area contributed by atoms with Crippen LogP contribution in [0.2, 0.25) is 0 Å². The van der Waals surface area contributed by atoms with Crippen LogP contribution in [0.15, 0.2) is 23.6 Å². The highest BCUT2D eigenvalue weighted by Gasteiger charge is 2.15. The molecule has 2 N–H and O–H groups in total. The van der Waals surface area contributed by atoms with E-state index >= 15 is 0 Å². The molecule has 0 unspecified atom stereocenters. The summed E-state index contributed by atoms with van der Waals surface area (Å²) in [6.45, 7) is 0. The van der Waals surface area contributed by atoms with E-state index in [4.69, 9.17) is 9.84 Å². The number of rotatable bonds is 4. The first-order valence-corrected chi connectivity index (χ1v) is 6.57. The van der Waals surface area contributed by atoms with Gasteiger partial charge in [-0.05, 0) is 23.6 Å². The highest BCUT2D eigenvalue weighted by molar-refractivity contribution is 7.18. The third-order valence-corrected chi connectivity index (χ3v) is 3.99. The van der Waals surface area contributed by atoms with Gasteiger partial charge in [-0.25, -0.2) is 4.79 Å². The quantitative estimate of drug-likeness (QED) is 0.904. The molecule has 0 atom stereocenters. The number of carboxylic acids is 1. The van der Waals surface area contributed by atoms with Gasteiger partial charge < -0.3 is 15.2 Å². The minimum Gasteiger partial charge on any atom is -0.495 e. The zero-order valence-electron chi connectivity index (χ0n) is 9.30. The summed E-state index contributed by atoms with van der Waals surface area (Å²) in [5.74, 6) is -0.803. The van der Waals surface area contributed by atoms with Crippen LogP contribution in [0.5, 0.6) is 5.75 Å². The van der Waals surface area contributed by atoms with E-state index in [9.17, 15) is 9.59 Å². The van der Waals surface area contributed by atoms with Crippen LogP contribution in [-0.2, 0) is 0 Å². The number of carboxylic acid groups (broad SMARTS) is 1. The number of thiophene rings is 2. The summed E-state index contributed by atoms with van der Waals surface area (Å²) in [7, 11) is 1.49. The molecule has 2 aromatic rings. The summed E-state index contributed by atoms with van der Waals surface area (Å²) in [6, 6.07) is 4.72. The molecule has 0 aromatic carbocycles. The van der Waals surface area contributed by atoms with Crippen LogP contribution in [0.25, 0.3) is 0 Å². The average molecular weight is 283 g/mol. The summed E-state index contributed by atoms with van der Waals surface area (Å²) in [5, 5.41) is 13.7. The first-order valence-electron chi connectivity index (χ1n) is 4.87. The maximum atomic E-state index is 11.9. The van der Waals surface area contributed by atoms with Crippen LogP contribution in [0, 0.1) is 0 Å². The predicted octanol–water partition coefficient (Wildman–Crippen LogP) is 2.77. The minimum absolute atomic E-state index is 0.184. The number of methoxy groups -OCH3 is 1. The third kappa shape index (κ3) is 2.52. The van der Waals surface area contributed by atoms with Gasteiger partial charge in [0.15, 0.2) is 0 Å². The molecule has 0 aliphatic heterocycles. The Kier molecular flexibility index (Phi) is 3.63. The number of hydrogen-bond acceptors (Lipinski definition) is 5. The van der Waals surface area contributed by atoms with Gasteiger partial charge in [0.25, 0.3) is 5.91 Å². The van der Waals surface area contributed by atoms with E-state index in [2.05, 4.69) is 5.32 Å². The second-order valence-electron chi connectivity index (χ2n) is 3.24. The Labute approximate surface area is 111 Å². The smallest absolute Gasteiger partial charge is 0.345 e. The van der Waals surface area contributed by atoms with Crippen molar-refractivity contribution in [3.63, 3.8) is 0 Å². The number of anilines is 1. The number of aromatic carboxylic acids is 1. The fourth-order valence-corrected chi connectivity index (χ4v) is 2.81. The standard InChI is InChI=1S/C11H9NO4S2/c1-16-6-4-5-17-9(6)10(13)12-8-3-2-7(18-8)11(14)15/h2-5H,1H3,(H,12,13)(H,14,15). The maximum absolute atomic E-state index is 11.9. The van der Waals surface area contributed by atoms with Gasteiger partial charge in [0.2, 0.25) is 0 Å². The van der Waals surface area contributed by atoms with E-state index in [0.717, 1.165) is 11.3 Å². The molecule has 0 fully saturated rings. The summed E-state index contributed by atoms with van der Waals surface area (Å²) in [5.41, 5.74) is 0. The van der Waals surface area contributed by atoms with Crippen molar-refractivity contribution in [1.29, 1.82) is 0 Å². The summed E-state index contributed by atoms with van der Waals surface area (Å²) < 4.78 is 5.05. The maximum Gasteiger partial charge on any atom is 0.345 e. The zero-order valence-corrected chi connectivity index (χ0v) is 10.9. The molecule has 0 saturated carbocycles. The average Bonchev–Trinajstić information content (AvgIpc) is 2.96. The second-order valence-corrected chi connectivity index (χ2v) is 5.24. The zero-order chi connectivity index (χ0) is 13.1. The molecule has 5 nitrogen and oxygen atoms in total. The van der Waals surface area contributed by atoms with Crippen LogP contribution in [0.3, 0.4) is 0 Å². The van der Waals surface area contributed by atoms with E-state index in [-0.39, 0.29) is 10.8 Å². The van der Waals surface area contributed by atoms with Gasteiger partial charge in [0.05, 0.1) is 12.1 Å². The predicted molar refractivity (Wildman–Crippen MR) is 70.1 cm³/mol. The molecule has 18 heavy (non-hydrogen) atoms. The molecule has 0 bridgehead atoms. The van der Waals surface area contributed by atoms with Crippen molar-refractivity contribution in [2.45, 2.75) is 0 Å². The molecule has 0 aliphatic carbocycles. The fourth-order valence-electron chi connectivity index (χ4n) is 1.31. The van der Waals surface area contributed by atoms with Gasteiger partial charge >= 0.3 is 5.97 Å². The van der Waals surface area contributed by atoms with E-state index in [1.165, 1.54) is 24.5 Å². The number of hydrogen-bond donors (Lipinski definition) is 2. The van der Waals surface area contributed by atoms with Gasteiger partial charge in [-0.15, -0.1) is 22.7 Å². The molecule has 0 aliphatic rings. The highest BCUT2D eigenvalue weighted by Crippen LogP contribution is 2.27. The molecule has 94 valence electrons. The lowest BCUT2D eigenvalue weighted by atomic mass is 10.4. The molecule has 2 rings (SSSR count). The van der Waals surface area contributed by atoms with Crippen molar-refractivity contribution in [3.8, 4) is 5.75 Å². The number of carbonyl (C=O) groups excluding carboxylic acids is 1. The van der Waals surface area contributed by atoms with E-state index < -0.39 is 5.97 Å². The molecule has 0 saturated heterocycles. The lowest BCUT2D eigenvalue weighted by molar-refractivity contribution is 0.0702. The first-order chi connectivity index (χ1) is 8.61. The number of carbonyl (C=O) groups is 2. The van der Waals surface area contributed by atoms with Gasteiger partial charge in [-0.1, -0.05) is 0 Å². The summed E-state index contributed by atoms with van der Waals surface area (Å²) >= 11 is 2.28. The molecule has 1 amide bonds. The molecule has 2 aromatic heterocycles. The molecule has 2 heterocycles. The second kappa shape index (κ2) is 5.19. The van der Waals surface area contributed by atoms with Crippen molar-refractivity contribution in [1.82, 2.24) is 0 Å². The topological polar surface area (TPSA) is 75.6 Å². The Bertz CT molecular complexity index is 587. The van der Waals surface area contributed by atoms with Crippen molar-refractivity contribution in [3.05, 3.63) is 33.3 Å². The molecule has 0 spiro atoms. The number of amides is 1. The van der Waals surface area contributed by atoms with Crippen LogP contribution in [0.4, 0.5) is 5.00 Å². The Hall–Kier alpha value is -1.86. The first kappa shape index (κ1) is 12.6. The van der Waals surface area contributed by atoms with E-state index in [0.29, 0.717) is 15.6 Å². The third-order valence-electron chi connectivity index (χ3n) is 2.11. The van der Waals surface area contributed by atoms with Gasteiger partial charge in [-0.2, -0.15) is 0 Å². The Balaban J connectivity index is 2.13. The van der Waals surface area contributed by atoms with Crippen molar-refractivity contribution < 1.29 is 19.4 Å². The number of nitrogens with one attached hydrogen (secondary N) is 1. The molecule has 7 heteroatoms. The largest absolute Gasteiger partial charge is 0.495 e. The minimum atomic E-state index is -1.01. The lowest BCUT2D eigenvalue weighted by Crippen LogP contribution is -2.10. The van der Waals surface area contributed by atoms with E-state index in [1.807, 2.05) is 0 Å². The Morgan fingerprint density at radius 1 is 1.33 bits per heavy atom. The van der Waals surface area contributed by atoms with Crippen molar-refractivity contribution >= 4 is 39.6 Å². The number of ether oxygens (including phenoxy) is 1. The van der Waals surface area contributed by atoms with E-state index in [1.54, 1.807) is 17.5 Å². The van der Waals surface area contributed by atoms with Crippen molar-refractivity contribution in [2.24, 2.45) is 0 Å². The monoisotopic (exact) mass is 283 g/mol. The molecular weight excluding hydrogens is 274 g/mol. The van der Waals surface area contributed by atoms with Crippen LogP contribution < -0.4 is 10.1 Å². The van der Waals surface area contributed by atoms with Crippen LogP contribution in [0.1, 0.15) is 19.3 Å². The summed E-state index contributed by atoms with van der Waals surface area (Å²) in [6.07, 6.45) is 0. The summed E-state index contributed by atoms with van der Waals surface area (Å²) in [4.78, 5) is 23.3. The highest BCUT2D eigenvalue weighted by atomic mass is 32.1. The normalized spacial score (nSPS) is 10.1. The lowest BCUT2D eigenvalue weighted by Gasteiger charge is -2.02. The molecule has 0 radical (unpaired) electrons. The Morgan fingerprint density at radius 2 is 2.11 bits per heavy atom. The van der Waals surface area contributed by atoms with Crippen molar-refractivity contribution in [2.75, 3.05) is 12.4 Å². The van der Waals surface area contributed by atoms with Gasteiger partial charge in [-0.3, -0.25) is 4.79 Å². The van der Waals surface area contributed by atoms with Crippen LogP contribution in [-0.4, -0.2) is 24.1 Å². The SMILES string of the molecule is COc1ccsc1C(=O)Nc1ccc(C(=O)O)s1. The fraction of sp³-hybridized carbons (Fsp3) is 0.0909. The van der Waals surface area contributed by atoms with Gasteiger partial charge in [0.1, 0.15) is 15.5 Å². The molecular formula is C11H9NO4S2.